The maximum absolute atomic E-state index is 14.1. The summed E-state index contributed by atoms with van der Waals surface area (Å²) >= 11 is 2.42. The molecule has 1 atom stereocenters. The van der Waals surface area contributed by atoms with Crippen LogP contribution >= 0.6 is 23.1 Å². The average molecular weight is 449 g/mol. The molecule has 1 fully saturated rings. The molecule has 1 aromatic heterocycles. The molecule has 6 nitrogen and oxygen atoms in total. The molecule has 1 aliphatic heterocycles. The van der Waals surface area contributed by atoms with Gasteiger partial charge < -0.3 is 20.4 Å². The zero-order chi connectivity index (χ0) is 21.7. The Labute approximate surface area is 183 Å². The SMILES string of the molecule is CC(C)(C(=O)NC(=N)SC=N)C(c1cccc(F)c1)c1ccc(N2CCOCC2)s1. The van der Waals surface area contributed by atoms with Gasteiger partial charge in [-0.2, -0.15) is 0 Å². The van der Waals surface area contributed by atoms with Gasteiger partial charge in [0.25, 0.3) is 0 Å². The number of nitrogens with one attached hydrogen (secondary N) is 3. The van der Waals surface area contributed by atoms with Gasteiger partial charge in [0.1, 0.15) is 5.82 Å². The van der Waals surface area contributed by atoms with Gasteiger partial charge in [-0.1, -0.05) is 26.0 Å². The molecule has 0 saturated carbocycles. The number of amidine groups is 1. The molecule has 0 bridgehead atoms. The third kappa shape index (κ3) is 5.08. The molecule has 1 aliphatic rings. The Balaban J connectivity index is 1.96. The molecular formula is C21H25FN4O2S2. The lowest BCUT2D eigenvalue weighted by Gasteiger charge is -2.33. The van der Waals surface area contributed by atoms with Crippen molar-refractivity contribution >= 4 is 44.7 Å². The minimum Gasteiger partial charge on any atom is -0.378 e. The highest BCUT2D eigenvalue weighted by Gasteiger charge is 2.40. The zero-order valence-electron chi connectivity index (χ0n) is 16.9. The molecule has 0 aliphatic carbocycles. The maximum atomic E-state index is 14.1. The minimum absolute atomic E-state index is 0.110. The number of nitrogens with zero attached hydrogens (tertiary/aromatic N) is 1. The summed E-state index contributed by atoms with van der Waals surface area (Å²) in [4.78, 5) is 16.3. The van der Waals surface area contributed by atoms with Gasteiger partial charge in [0.05, 0.1) is 29.2 Å². The van der Waals surface area contributed by atoms with E-state index < -0.39 is 11.3 Å². The Hall–Kier alpha value is -2.23. The molecular weight excluding hydrogens is 423 g/mol. The third-order valence-corrected chi connectivity index (χ3v) is 6.78. The van der Waals surface area contributed by atoms with Crippen molar-refractivity contribution in [1.29, 1.82) is 10.8 Å². The highest BCUT2D eigenvalue weighted by molar-refractivity contribution is 8.24. The largest absolute Gasteiger partial charge is 0.378 e. The smallest absolute Gasteiger partial charge is 0.232 e. The number of rotatable bonds is 6. The number of carbonyl (C=O) groups is 1. The number of amides is 1. The number of thioether (sulfide) groups is 1. The van der Waals surface area contributed by atoms with Crippen molar-refractivity contribution in [1.82, 2.24) is 5.32 Å². The monoisotopic (exact) mass is 448 g/mol. The quantitative estimate of drug-likeness (QED) is 0.455. The standard InChI is InChI=1S/C21H25FN4O2S2/c1-21(2,19(27)25-20(24)29-13-23)18(14-4-3-5-15(22)12-14)16-6-7-17(30-16)26-8-10-28-11-9-26/h3-7,12-13,18,23H,8-11H2,1-2H3,(H2,24,25,27). The fourth-order valence-electron chi connectivity index (χ4n) is 3.56. The van der Waals surface area contributed by atoms with Crippen molar-refractivity contribution in [2.45, 2.75) is 19.8 Å². The normalized spacial score (nSPS) is 15.5. The van der Waals surface area contributed by atoms with Gasteiger partial charge in [-0.15, -0.1) is 11.3 Å². The van der Waals surface area contributed by atoms with E-state index in [1.165, 1.54) is 12.1 Å². The molecule has 2 aromatic rings. The Morgan fingerprint density at radius 1 is 1.33 bits per heavy atom. The minimum atomic E-state index is -0.962. The first-order valence-corrected chi connectivity index (χ1v) is 11.3. The van der Waals surface area contributed by atoms with Crippen LogP contribution in [0.4, 0.5) is 9.39 Å². The van der Waals surface area contributed by atoms with E-state index in [0.29, 0.717) is 18.8 Å². The number of benzene rings is 1. The van der Waals surface area contributed by atoms with E-state index in [4.69, 9.17) is 15.6 Å². The number of anilines is 1. The van der Waals surface area contributed by atoms with Crippen LogP contribution in [0, 0.1) is 22.1 Å². The predicted molar refractivity (Wildman–Crippen MR) is 122 cm³/mol. The lowest BCUT2D eigenvalue weighted by atomic mass is 9.73. The summed E-state index contributed by atoms with van der Waals surface area (Å²) in [5.41, 5.74) is 0.736. The molecule has 1 amide bonds. The summed E-state index contributed by atoms with van der Waals surface area (Å²) in [5, 5.41) is 18.5. The summed E-state index contributed by atoms with van der Waals surface area (Å²) in [6.07, 6.45) is 0. The first-order chi connectivity index (χ1) is 14.3. The first kappa shape index (κ1) is 22.5. The Kier molecular flexibility index (Phi) is 7.27. The van der Waals surface area contributed by atoms with Crippen LogP contribution in [-0.2, 0) is 9.53 Å². The van der Waals surface area contributed by atoms with Gasteiger partial charge in [-0.05, 0) is 41.6 Å². The summed E-state index contributed by atoms with van der Waals surface area (Å²) < 4.78 is 19.5. The second-order valence-electron chi connectivity index (χ2n) is 7.50. The second kappa shape index (κ2) is 9.72. The number of hydrogen-bond donors (Lipinski definition) is 3. The molecule has 160 valence electrons. The summed E-state index contributed by atoms with van der Waals surface area (Å²) in [5.74, 6) is -1.10. The van der Waals surface area contributed by atoms with Gasteiger partial charge in [0, 0.05) is 23.9 Å². The van der Waals surface area contributed by atoms with Crippen LogP contribution in [0.3, 0.4) is 0 Å². The summed E-state index contributed by atoms with van der Waals surface area (Å²) in [6, 6.07) is 10.4. The first-order valence-electron chi connectivity index (χ1n) is 9.56. The molecule has 3 rings (SSSR count). The van der Waals surface area contributed by atoms with E-state index in [2.05, 4.69) is 10.2 Å². The van der Waals surface area contributed by atoms with E-state index in [-0.39, 0.29) is 16.9 Å². The van der Waals surface area contributed by atoms with Crippen LogP contribution in [-0.4, -0.2) is 42.9 Å². The Morgan fingerprint density at radius 2 is 2.07 bits per heavy atom. The van der Waals surface area contributed by atoms with Crippen molar-refractivity contribution in [2.24, 2.45) is 5.41 Å². The van der Waals surface area contributed by atoms with Crippen LogP contribution in [0.15, 0.2) is 36.4 Å². The van der Waals surface area contributed by atoms with Crippen molar-refractivity contribution in [3.63, 3.8) is 0 Å². The number of halogens is 1. The lowest BCUT2D eigenvalue weighted by molar-refractivity contribution is -0.128. The topological polar surface area (TPSA) is 89.3 Å². The van der Waals surface area contributed by atoms with Crippen LogP contribution < -0.4 is 10.2 Å². The lowest BCUT2D eigenvalue weighted by Crippen LogP contribution is -2.43. The third-order valence-electron chi connectivity index (χ3n) is 5.11. The second-order valence-corrected chi connectivity index (χ2v) is 9.48. The van der Waals surface area contributed by atoms with Gasteiger partial charge in [-0.25, -0.2) is 4.39 Å². The van der Waals surface area contributed by atoms with Crippen molar-refractivity contribution in [3.05, 3.63) is 52.7 Å². The molecule has 9 heteroatoms. The number of morpholine rings is 1. The highest BCUT2D eigenvalue weighted by atomic mass is 32.2. The van der Waals surface area contributed by atoms with Crippen molar-refractivity contribution in [3.8, 4) is 0 Å². The van der Waals surface area contributed by atoms with Crippen LogP contribution in [0.5, 0.6) is 0 Å². The summed E-state index contributed by atoms with van der Waals surface area (Å²) in [6.45, 7) is 6.59. The van der Waals surface area contributed by atoms with Crippen molar-refractivity contribution in [2.75, 3.05) is 31.2 Å². The molecule has 0 radical (unpaired) electrons. The van der Waals surface area contributed by atoms with Crippen LogP contribution in [0.1, 0.15) is 30.2 Å². The average Bonchev–Trinajstić information content (AvgIpc) is 3.18. The Bertz CT molecular complexity index is 925. The van der Waals surface area contributed by atoms with Gasteiger partial charge in [0.2, 0.25) is 5.91 Å². The fraction of sp³-hybridized carbons (Fsp3) is 0.381. The van der Waals surface area contributed by atoms with Crippen LogP contribution in [0.2, 0.25) is 0 Å². The summed E-state index contributed by atoms with van der Waals surface area (Å²) in [7, 11) is 0. The molecule has 1 saturated heterocycles. The van der Waals surface area contributed by atoms with E-state index in [0.717, 1.165) is 40.3 Å². The van der Waals surface area contributed by atoms with Gasteiger partial charge >= 0.3 is 0 Å². The number of hydrogen-bond acceptors (Lipinski definition) is 7. The number of carbonyl (C=O) groups excluding carboxylic acids is 1. The fourth-order valence-corrected chi connectivity index (χ4v) is 5.20. The maximum Gasteiger partial charge on any atom is 0.232 e. The molecule has 2 heterocycles. The molecule has 3 N–H and O–H groups in total. The van der Waals surface area contributed by atoms with Crippen molar-refractivity contribution < 1.29 is 13.9 Å². The Morgan fingerprint density at radius 3 is 2.73 bits per heavy atom. The van der Waals surface area contributed by atoms with E-state index in [1.54, 1.807) is 31.3 Å². The van der Waals surface area contributed by atoms with Crippen LogP contribution in [0.25, 0.3) is 0 Å². The molecule has 0 spiro atoms. The number of ether oxygens (including phenoxy) is 1. The predicted octanol–water partition coefficient (Wildman–Crippen LogP) is 4.27. The van der Waals surface area contributed by atoms with Gasteiger partial charge in [0.15, 0.2) is 5.17 Å². The number of thiophene rings is 1. The van der Waals surface area contributed by atoms with E-state index >= 15 is 0 Å². The van der Waals surface area contributed by atoms with E-state index in [1.807, 2.05) is 18.2 Å². The molecule has 1 unspecified atom stereocenters. The molecule has 30 heavy (non-hydrogen) atoms. The van der Waals surface area contributed by atoms with Gasteiger partial charge in [-0.3, -0.25) is 10.2 Å². The molecule has 1 aromatic carbocycles. The highest BCUT2D eigenvalue weighted by Crippen LogP contribution is 2.45. The van der Waals surface area contributed by atoms with E-state index in [9.17, 15) is 9.18 Å². The zero-order valence-corrected chi connectivity index (χ0v) is 18.5.